The van der Waals surface area contributed by atoms with Crippen LogP contribution in [0.4, 0.5) is 10.1 Å². The molecule has 0 radical (unpaired) electrons. The summed E-state index contributed by atoms with van der Waals surface area (Å²) in [7, 11) is 0. The van der Waals surface area contributed by atoms with Crippen molar-refractivity contribution in [2.75, 3.05) is 38.0 Å². The first-order valence-corrected chi connectivity index (χ1v) is 8.85. The topological polar surface area (TPSA) is 55.8 Å². The van der Waals surface area contributed by atoms with E-state index in [1.807, 2.05) is 0 Å². The number of phenols is 1. The lowest BCUT2D eigenvalue weighted by atomic mass is 10.2. The van der Waals surface area contributed by atoms with E-state index < -0.39 is 0 Å². The third kappa shape index (κ3) is 5.17. The van der Waals surface area contributed by atoms with E-state index in [0.717, 1.165) is 31.7 Å². The Labute approximate surface area is 157 Å². The number of nitrogens with one attached hydrogen (secondary N) is 1. The number of hydrogen-bond donors (Lipinski definition) is 2. The monoisotopic (exact) mass is 377 g/mol. The molecule has 1 amide bonds. The van der Waals surface area contributed by atoms with Crippen molar-refractivity contribution in [3.63, 3.8) is 0 Å². The van der Waals surface area contributed by atoms with E-state index in [-0.39, 0.29) is 17.5 Å². The minimum atomic E-state index is -0.330. The number of phenolic OH excluding ortho intramolecular Hbond substituents is 1. The Balaban J connectivity index is 1.44. The zero-order chi connectivity index (χ0) is 18.5. The van der Waals surface area contributed by atoms with Gasteiger partial charge in [0.1, 0.15) is 11.6 Å². The van der Waals surface area contributed by atoms with E-state index >= 15 is 0 Å². The molecule has 0 aromatic heterocycles. The summed E-state index contributed by atoms with van der Waals surface area (Å²) in [5.41, 5.74) is 1.57. The molecular weight excluding hydrogens is 357 g/mol. The van der Waals surface area contributed by atoms with Gasteiger partial charge in [-0.05, 0) is 42.0 Å². The van der Waals surface area contributed by atoms with Crippen LogP contribution in [0.5, 0.6) is 5.75 Å². The Morgan fingerprint density at radius 2 is 1.73 bits per heavy atom. The highest BCUT2D eigenvalue weighted by Crippen LogP contribution is 2.20. The molecular formula is C19H21ClFN3O2. The molecule has 2 N–H and O–H groups in total. The molecule has 2 aromatic carbocycles. The van der Waals surface area contributed by atoms with Crippen molar-refractivity contribution in [1.82, 2.24) is 9.80 Å². The van der Waals surface area contributed by atoms with Crippen LogP contribution >= 0.6 is 11.6 Å². The van der Waals surface area contributed by atoms with E-state index in [9.17, 15) is 14.3 Å². The summed E-state index contributed by atoms with van der Waals surface area (Å²) in [6.45, 7) is 4.20. The maximum Gasteiger partial charge on any atom is 0.238 e. The van der Waals surface area contributed by atoms with Crippen LogP contribution in [0.3, 0.4) is 0 Å². The molecule has 0 atom stereocenters. The minimum absolute atomic E-state index is 0.0780. The van der Waals surface area contributed by atoms with Gasteiger partial charge in [0.15, 0.2) is 0 Å². The number of aromatic hydroxyl groups is 1. The highest BCUT2D eigenvalue weighted by Gasteiger charge is 2.19. The van der Waals surface area contributed by atoms with Crippen LogP contribution in [0.25, 0.3) is 0 Å². The Morgan fingerprint density at radius 1 is 1.08 bits per heavy atom. The van der Waals surface area contributed by atoms with E-state index in [1.165, 1.54) is 24.3 Å². The first-order chi connectivity index (χ1) is 12.5. The number of anilines is 1. The maximum atomic E-state index is 13.1. The minimum Gasteiger partial charge on any atom is -0.508 e. The molecule has 0 bridgehead atoms. The lowest BCUT2D eigenvalue weighted by Crippen LogP contribution is -2.48. The third-order valence-electron chi connectivity index (χ3n) is 4.39. The van der Waals surface area contributed by atoms with Crippen molar-refractivity contribution in [2.24, 2.45) is 0 Å². The van der Waals surface area contributed by atoms with Crippen LogP contribution in [-0.4, -0.2) is 53.5 Å². The van der Waals surface area contributed by atoms with Crippen molar-refractivity contribution >= 4 is 23.2 Å². The Morgan fingerprint density at radius 3 is 2.38 bits per heavy atom. The van der Waals surface area contributed by atoms with Gasteiger partial charge in [-0.3, -0.25) is 14.6 Å². The molecule has 0 unspecified atom stereocenters. The standard InChI is InChI=1S/C19H21ClFN3O2/c20-18-11-15(21)2-1-14(18)12-23-7-9-24(10-8-23)13-19(26)22-16-3-5-17(25)6-4-16/h1-6,11,25H,7-10,12-13H2,(H,22,26). The van der Waals surface area contributed by atoms with Crippen LogP contribution in [0, 0.1) is 5.82 Å². The quantitative estimate of drug-likeness (QED) is 0.787. The van der Waals surface area contributed by atoms with Crippen molar-refractivity contribution in [3.05, 3.63) is 58.9 Å². The average molecular weight is 378 g/mol. The summed E-state index contributed by atoms with van der Waals surface area (Å²) in [5.74, 6) is -0.241. The van der Waals surface area contributed by atoms with Crippen LogP contribution in [0.15, 0.2) is 42.5 Å². The van der Waals surface area contributed by atoms with Crippen LogP contribution < -0.4 is 5.32 Å². The molecule has 138 valence electrons. The fourth-order valence-corrected chi connectivity index (χ4v) is 3.17. The zero-order valence-electron chi connectivity index (χ0n) is 14.3. The molecule has 0 spiro atoms. The van der Waals surface area contributed by atoms with E-state index in [1.54, 1.807) is 18.2 Å². The predicted molar refractivity (Wildman–Crippen MR) is 99.9 cm³/mol. The van der Waals surface area contributed by atoms with E-state index in [2.05, 4.69) is 15.1 Å². The van der Waals surface area contributed by atoms with Gasteiger partial charge in [0.05, 0.1) is 6.54 Å². The number of halogens is 2. The van der Waals surface area contributed by atoms with Gasteiger partial charge in [0, 0.05) is 43.4 Å². The molecule has 5 nitrogen and oxygen atoms in total. The highest BCUT2D eigenvalue weighted by molar-refractivity contribution is 6.31. The number of piperazine rings is 1. The second-order valence-electron chi connectivity index (χ2n) is 6.38. The molecule has 0 aliphatic carbocycles. The molecule has 1 saturated heterocycles. The fourth-order valence-electron chi connectivity index (χ4n) is 2.94. The molecule has 2 aromatic rings. The molecule has 1 aliphatic heterocycles. The fraction of sp³-hybridized carbons (Fsp3) is 0.316. The number of amides is 1. The molecule has 26 heavy (non-hydrogen) atoms. The maximum absolute atomic E-state index is 13.1. The molecule has 1 aliphatic rings. The van der Waals surface area contributed by atoms with Gasteiger partial charge in [-0.2, -0.15) is 0 Å². The van der Waals surface area contributed by atoms with Gasteiger partial charge in [-0.25, -0.2) is 4.39 Å². The van der Waals surface area contributed by atoms with Gasteiger partial charge in [0.2, 0.25) is 5.91 Å². The number of rotatable bonds is 5. The van der Waals surface area contributed by atoms with E-state index in [4.69, 9.17) is 11.6 Å². The van der Waals surface area contributed by atoms with Gasteiger partial charge >= 0.3 is 0 Å². The Kier molecular flexibility index (Phi) is 6.08. The van der Waals surface area contributed by atoms with Crippen molar-refractivity contribution in [3.8, 4) is 5.75 Å². The molecule has 1 fully saturated rings. The lowest BCUT2D eigenvalue weighted by Gasteiger charge is -2.34. The lowest BCUT2D eigenvalue weighted by molar-refractivity contribution is -0.117. The normalized spacial score (nSPS) is 15.8. The second kappa shape index (κ2) is 8.49. The van der Waals surface area contributed by atoms with Crippen LogP contribution in [0.1, 0.15) is 5.56 Å². The third-order valence-corrected chi connectivity index (χ3v) is 4.74. The average Bonchev–Trinajstić information content (AvgIpc) is 2.61. The van der Waals surface area contributed by atoms with Gasteiger partial charge in [-0.15, -0.1) is 0 Å². The number of benzene rings is 2. The Hall–Kier alpha value is -2.15. The number of hydrogen-bond acceptors (Lipinski definition) is 4. The van der Waals surface area contributed by atoms with Crippen molar-refractivity contribution in [1.29, 1.82) is 0 Å². The number of carbonyl (C=O) groups excluding carboxylic acids is 1. The number of carbonyl (C=O) groups is 1. The highest BCUT2D eigenvalue weighted by atomic mass is 35.5. The summed E-state index contributed by atoms with van der Waals surface area (Å²) in [4.78, 5) is 16.5. The van der Waals surface area contributed by atoms with Gasteiger partial charge in [0.25, 0.3) is 0 Å². The van der Waals surface area contributed by atoms with Gasteiger partial charge in [-0.1, -0.05) is 17.7 Å². The van der Waals surface area contributed by atoms with Crippen LogP contribution in [0.2, 0.25) is 5.02 Å². The van der Waals surface area contributed by atoms with Gasteiger partial charge < -0.3 is 10.4 Å². The predicted octanol–water partition coefficient (Wildman–Crippen LogP) is 2.94. The van der Waals surface area contributed by atoms with E-state index in [0.29, 0.717) is 23.8 Å². The first-order valence-electron chi connectivity index (χ1n) is 8.47. The Bertz CT molecular complexity index is 762. The summed E-state index contributed by atoms with van der Waals surface area (Å²) in [6.07, 6.45) is 0. The molecule has 7 heteroatoms. The molecule has 1 heterocycles. The molecule has 0 saturated carbocycles. The summed E-state index contributed by atoms with van der Waals surface area (Å²) >= 11 is 6.09. The first kappa shape index (κ1) is 18.6. The van der Waals surface area contributed by atoms with Crippen molar-refractivity contribution < 1.29 is 14.3 Å². The summed E-state index contributed by atoms with van der Waals surface area (Å²) in [5, 5.41) is 12.5. The largest absolute Gasteiger partial charge is 0.508 e. The van der Waals surface area contributed by atoms with Crippen molar-refractivity contribution in [2.45, 2.75) is 6.54 Å². The zero-order valence-corrected chi connectivity index (χ0v) is 15.0. The second-order valence-corrected chi connectivity index (χ2v) is 6.79. The summed E-state index contributed by atoms with van der Waals surface area (Å²) in [6, 6.07) is 10.9. The SMILES string of the molecule is O=C(CN1CCN(Cc2ccc(F)cc2Cl)CC1)Nc1ccc(O)cc1. The van der Waals surface area contributed by atoms with Crippen LogP contribution in [-0.2, 0) is 11.3 Å². The summed E-state index contributed by atoms with van der Waals surface area (Å²) < 4.78 is 13.1. The smallest absolute Gasteiger partial charge is 0.238 e. The number of nitrogens with zero attached hydrogens (tertiary/aromatic N) is 2. The molecule has 3 rings (SSSR count).